The van der Waals surface area contributed by atoms with Crippen LogP contribution in [0.3, 0.4) is 0 Å². The van der Waals surface area contributed by atoms with Crippen LogP contribution >= 0.6 is 23.2 Å². The van der Waals surface area contributed by atoms with Gasteiger partial charge in [-0.15, -0.1) is 0 Å². The summed E-state index contributed by atoms with van der Waals surface area (Å²) in [7, 11) is 0. The molecular weight excluding hydrogens is 424 g/mol. The number of para-hydroxylation sites is 1. The van der Waals surface area contributed by atoms with Crippen LogP contribution in [0.5, 0.6) is 5.88 Å². The zero-order valence-corrected chi connectivity index (χ0v) is 16.2. The lowest BCUT2D eigenvalue weighted by atomic mass is 10.0. The smallest absolute Gasteiger partial charge is 0.305 e. The van der Waals surface area contributed by atoms with E-state index in [2.05, 4.69) is 10.4 Å². The van der Waals surface area contributed by atoms with Crippen LogP contribution in [0.2, 0.25) is 10.0 Å². The van der Waals surface area contributed by atoms with Gasteiger partial charge >= 0.3 is 5.97 Å². The molecule has 29 heavy (non-hydrogen) atoms. The Balaban J connectivity index is 1.91. The first-order valence-electron chi connectivity index (χ1n) is 8.28. The largest absolute Gasteiger partial charge is 0.493 e. The summed E-state index contributed by atoms with van der Waals surface area (Å²) in [6.45, 7) is 0. The Morgan fingerprint density at radius 1 is 1.17 bits per heavy atom. The van der Waals surface area contributed by atoms with Crippen LogP contribution < -0.4 is 5.32 Å². The van der Waals surface area contributed by atoms with E-state index >= 15 is 0 Å². The maximum Gasteiger partial charge on any atom is 0.305 e. The van der Waals surface area contributed by atoms with Gasteiger partial charge in [0.25, 0.3) is 5.91 Å². The van der Waals surface area contributed by atoms with Crippen molar-refractivity contribution in [1.82, 2.24) is 15.1 Å². The number of nitrogens with one attached hydrogen (secondary N) is 1. The van der Waals surface area contributed by atoms with Crippen LogP contribution in [-0.4, -0.2) is 31.9 Å². The zero-order valence-electron chi connectivity index (χ0n) is 14.6. The van der Waals surface area contributed by atoms with Crippen LogP contribution in [0, 0.1) is 5.82 Å². The molecule has 7 nitrogen and oxygen atoms in total. The number of carbonyl (C=O) groups is 2. The first kappa shape index (κ1) is 20.6. The molecule has 0 saturated heterocycles. The number of benzene rings is 2. The van der Waals surface area contributed by atoms with Gasteiger partial charge in [-0.1, -0.05) is 35.3 Å². The second kappa shape index (κ2) is 8.50. The number of aliphatic carboxylic acids is 1. The minimum absolute atomic E-state index is 0.0518. The van der Waals surface area contributed by atoms with E-state index in [4.69, 9.17) is 23.2 Å². The fraction of sp³-hybridized carbons (Fsp3) is 0.105. The monoisotopic (exact) mass is 437 g/mol. The molecule has 0 spiro atoms. The number of carboxylic acid groups (broad SMARTS) is 1. The summed E-state index contributed by atoms with van der Waals surface area (Å²) in [6.07, 6.45) is -0.466. The number of nitrogens with zero attached hydrogens (tertiary/aromatic N) is 2. The van der Waals surface area contributed by atoms with Gasteiger partial charge in [-0.05, 0) is 35.9 Å². The molecule has 3 rings (SSSR count). The van der Waals surface area contributed by atoms with E-state index in [0.29, 0.717) is 10.6 Å². The highest BCUT2D eigenvalue weighted by Gasteiger charge is 2.24. The second-order valence-electron chi connectivity index (χ2n) is 6.04. The summed E-state index contributed by atoms with van der Waals surface area (Å²) in [6, 6.07) is 10.1. The molecule has 0 saturated carbocycles. The molecule has 0 aliphatic heterocycles. The Morgan fingerprint density at radius 3 is 2.59 bits per heavy atom. The number of amides is 1. The molecule has 1 heterocycles. The van der Waals surface area contributed by atoms with Gasteiger partial charge in [0, 0.05) is 16.1 Å². The molecule has 0 aliphatic rings. The molecule has 0 bridgehead atoms. The van der Waals surface area contributed by atoms with Crippen molar-refractivity contribution in [3.05, 3.63) is 75.7 Å². The minimum Gasteiger partial charge on any atom is -0.493 e. The Bertz CT molecular complexity index is 1090. The number of halogens is 3. The SMILES string of the molecule is O=C(O)CC(NC(=O)c1cc(O)n(-c2ccccc2F)n1)c1cc(Cl)ccc1Cl. The number of hydrogen-bond donors (Lipinski definition) is 3. The van der Waals surface area contributed by atoms with E-state index in [1.807, 2.05) is 0 Å². The fourth-order valence-corrected chi connectivity index (χ4v) is 3.14. The minimum atomic E-state index is -1.17. The molecule has 1 atom stereocenters. The summed E-state index contributed by atoms with van der Waals surface area (Å²) in [4.78, 5) is 23.9. The highest BCUT2D eigenvalue weighted by molar-refractivity contribution is 6.33. The average molecular weight is 438 g/mol. The van der Waals surface area contributed by atoms with Crippen LogP contribution in [0.25, 0.3) is 5.69 Å². The number of rotatable bonds is 6. The molecule has 150 valence electrons. The van der Waals surface area contributed by atoms with Crippen molar-refractivity contribution in [1.29, 1.82) is 0 Å². The van der Waals surface area contributed by atoms with Gasteiger partial charge in [-0.25, -0.2) is 4.39 Å². The first-order valence-corrected chi connectivity index (χ1v) is 9.03. The van der Waals surface area contributed by atoms with Gasteiger partial charge in [-0.2, -0.15) is 9.78 Å². The summed E-state index contributed by atoms with van der Waals surface area (Å²) in [5.41, 5.74) is 0.0241. The molecule has 0 radical (unpaired) electrons. The molecule has 10 heteroatoms. The third kappa shape index (κ3) is 4.67. The lowest BCUT2D eigenvalue weighted by molar-refractivity contribution is -0.137. The van der Waals surface area contributed by atoms with E-state index in [1.165, 1.54) is 36.4 Å². The third-order valence-corrected chi connectivity index (χ3v) is 4.60. The van der Waals surface area contributed by atoms with Gasteiger partial charge in [0.05, 0.1) is 12.5 Å². The third-order valence-electron chi connectivity index (χ3n) is 4.02. The summed E-state index contributed by atoms with van der Waals surface area (Å²) in [5.74, 6) is -3.06. The van der Waals surface area contributed by atoms with Crippen LogP contribution in [0.4, 0.5) is 4.39 Å². The predicted octanol–water partition coefficient (Wildman–Crippen LogP) is 3.97. The average Bonchev–Trinajstić information content (AvgIpc) is 3.05. The van der Waals surface area contributed by atoms with Crippen molar-refractivity contribution >= 4 is 35.1 Å². The lowest BCUT2D eigenvalue weighted by Gasteiger charge is -2.18. The standard InChI is InChI=1S/C19H14Cl2FN3O4/c20-10-5-6-12(21)11(7-10)14(9-18(27)28)23-19(29)15-8-17(26)25(24-15)16-4-2-1-3-13(16)22/h1-8,14,26H,9H2,(H,23,29)(H,27,28). The number of carbonyl (C=O) groups excluding carboxylic acids is 1. The first-order chi connectivity index (χ1) is 13.8. The quantitative estimate of drug-likeness (QED) is 0.541. The number of aromatic nitrogens is 2. The van der Waals surface area contributed by atoms with E-state index in [-0.39, 0.29) is 16.4 Å². The molecule has 2 aromatic carbocycles. The Kier molecular flexibility index (Phi) is 6.05. The number of hydrogen-bond acceptors (Lipinski definition) is 4. The molecular formula is C19H14Cl2FN3O4. The van der Waals surface area contributed by atoms with Crippen molar-refractivity contribution in [2.45, 2.75) is 12.5 Å². The molecule has 1 unspecified atom stereocenters. The topological polar surface area (TPSA) is 104 Å². The van der Waals surface area contributed by atoms with Crippen molar-refractivity contribution in [3.8, 4) is 11.6 Å². The molecule has 0 aliphatic carbocycles. The highest BCUT2D eigenvalue weighted by Crippen LogP contribution is 2.29. The molecule has 1 aromatic heterocycles. The molecule has 3 aromatic rings. The summed E-state index contributed by atoms with van der Waals surface area (Å²) >= 11 is 12.1. The summed E-state index contributed by atoms with van der Waals surface area (Å²) in [5, 5.41) is 26.2. The maximum absolute atomic E-state index is 14.0. The second-order valence-corrected chi connectivity index (χ2v) is 6.88. The van der Waals surface area contributed by atoms with Gasteiger partial charge in [-0.3, -0.25) is 9.59 Å². The van der Waals surface area contributed by atoms with Gasteiger partial charge in [0.1, 0.15) is 11.5 Å². The van der Waals surface area contributed by atoms with E-state index in [9.17, 15) is 24.2 Å². The Labute approximate surface area is 174 Å². The van der Waals surface area contributed by atoms with E-state index < -0.39 is 36.0 Å². The van der Waals surface area contributed by atoms with Gasteiger partial charge < -0.3 is 15.5 Å². The van der Waals surface area contributed by atoms with Gasteiger partial charge in [0.15, 0.2) is 5.69 Å². The Hall–Kier alpha value is -3.10. The van der Waals surface area contributed by atoms with E-state index in [1.54, 1.807) is 6.07 Å². The lowest BCUT2D eigenvalue weighted by Crippen LogP contribution is -2.30. The maximum atomic E-state index is 14.0. The zero-order chi connectivity index (χ0) is 21.1. The highest BCUT2D eigenvalue weighted by atomic mass is 35.5. The normalized spacial score (nSPS) is 11.8. The number of carboxylic acids is 1. The van der Waals surface area contributed by atoms with E-state index in [0.717, 1.165) is 10.7 Å². The molecule has 1 amide bonds. The Morgan fingerprint density at radius 2 is 1.90 bits per heavy atom. The summed E-state index contributed by atoms with van der Waals surface area (Å²) < 4.78 is 14.8. The van der Waals surface area contributed by atoms with Gasteiger partial charge in [0.2, 0.25) is 5.88 Å². The molecule has 0 fully saturated rings. The predicted molar refractivity (Wildman–Crippen MR) is 104 cm³/mol. The van der Waals surface area contributed by atoms with Crippen molar-refractivity contribution in [3.63, 3.8) is 0 Å². The number of aromatic hydroxyl groups is 1. The van der Waals surface area contributed by atoms with Crippen LogP contribution in [0.1, 0.15) is 28.5 Å². The van der Waals surface area contributed by atoms with Crippen molar-refractivity contribution in [2.75, 3.05) is 0 Å². The van der Waals surface area contributed by atoms with Crippen molar-refractivity contribution in [2.24, 2.45) is 0 Å². The van der Waals surface area contributed by atoms with Crippen LogP contribution in [0.15, 0.2) is 48.5 Å². The van der Waals surface area contributed by atoms with Crippen molar-refractivity contribution < 1.29 is 24.2 Å². The molecule has 3 N–H and O–H groups in total. The van der Waals surface area contributed by atoms with Crippen LogP contribution in [-0.2, 0) is 4.79 Å². The fourth-order valence-electron chi connectivity index (χ4n) is 2.71.